The summed E-state index contributed by atoms with van der Waals surface area (Å²) in [6, 6.07) is 0.0795. The Morgan fingerprint density at radius 2 is 2.50 bits per heavy atom. The molecule has 1 unspecified atom stereocenters. The lowest BCUT2D eigenvalue weighted by molar-refractivity contribution is 0.484. The summed E-state index contributed by atoms with van der Waals surface area (Å²) in [6.45, 7) is 1.84. The van der Waals surface area contributed by atoms with Crippen molar-refractivity contribution in [3.63, 3.8) is 0 Å². The fraction of sp³-hybridized carbons (Fsp3) is 0.500. The number of rotatable bonds is 4. The highest BCUT2D eigenvalue weighted by atomic mass is 15.3. The molecule has 0 amide bonds. The standard InChI is InChI=1S/C10H16N4/c1-3-4-5-6-9(13-11)10-12-7-8-14(10)2/h7-9,13H,5-6,11H2,1-2H3. The van der Waals surface area contributed by atoms with E-state index in [1.807, 2.05) is 24.7 Å². The van der Waals surface area contributed by atoms with Gasteiger partial charge in [-0.2, -0.15) is 0 Å². The third-order valence-corrected chi connectivity index (χ3v) is 2.11. The van der Waals surface area contributed by atoms with Gasteiger partial charge >= 0.3 is 0 Å². The summed E-state index contributed by atoms with van der Waals surface area (Å²) in [6.07, 6.45) is 5.39. The van der Waals surface area contributed by atoms with E-state index in [2.05, 4.69) is 22.3 Å². The summed E-state index contributed by atoms with van der Waals surface area (Å²) >= 11 is 0. The van der Waals surface area contributed by atoms with E-state index in [-0.39, 0.29) is 6.04 Å². The maximum Gasteiger partial charge on any atom is 0.126 e. The SMILES string of the molecule is CC#CCCC(NN)c1nccn1C. The highest BCUT2D eigenvalue weighted by Gasteiger charge is 2.12. The minimum Gasteiger partial charge on any atom is -0.337 e. The van der Waals surface area contributed by atoms with Crippen LogP contribution in [0.4, 0.5) is 0 Å². The fourth-order valence-electron chi connectivity index (χ4n) is 1.34. The zero-order valence-electron chi connectivity index (χ0n) is 8.62. The van der Waals surface area contributed by atoms with Gasteiger partial charge in [0, 0.05) is 25.9 Å². The van der Waals surface area contributed by atoms with Gasteiger partial charge in [-0.05, 0) is 13.3 Å². The van der Waals surface area contributed by atoms with E-state index in [1.54, 1.807) is 6.20 Å². The summed E-state index contributed by atoms with van der Waals surface area (Å²) < 4.78 is 1.96. The molecular weight excluding hydrogens is 176 g/mol. The minimum atomic E-state index is 0.0795. The Labute approximate surface area is 84.5 Å². The average molecular weight is 192 g/mol. The largest absolute Gasteiger partial charge is 0.337 e. The average Bonchev–Trinajstić information content (AvgIpc) is 2.60. The molecule has 1 aromatic rings. The molecule has 0 bridgehead atoms. The molecule has 76 valence electrons. The second-order valence-corrected chi connectivity index (χ2v) is 3.08. The van der Waals surface area contributed by atoms with Gasteiger partial charge in [-0.15, -0.1) is 11.8 Å². The molecular formula is C10H16N4. The van der Waals surface area contributed by atoms with E-state index in [1.165, 1.54) is 0 Å². The van der Waals surface area contributed by atoms with Crippen LogP contribution in [0.5, 0.6) is 0 Å². The third-order valence-electron chi connectivity index (χ3n) is 2.11. The highest BCUT2D eigenvalue weighted by molar-refractivity contribution is 5.01. The van der Waals surface area contributed by atoms with Crippen molar-refractivity contribution in [2.24, 2.45) is 12.9 Å². The van der Waals surface area contributed by atoms with Gasteiger partial charge in [0.2, 0.25) is 0 Å². The molecule has 1 heterocycles. The Morgan fingerprint density at radius 1 is 1.71 bits per heavy atom. The first-order valence-electron chi connectivity index (χ1n) is 4.62. The molecule has 0 aliphatic heterocycles. The van der Waals surface area contributed by atoms with Crippen LogP contribution in [0.15, 0.2) is 12.4 Å². The molecule has 0 saturated heterocycles. The van der Waals surface area contributed by atoms with E-state index in [0.717, 1.165) is 18.7 Å². The van der Waals surface area contributed by atoms with Crippen LogP contribution >= 0.6 is 0 Å². The lowest BCUT2D eigenvalue weighted by Gasteiger charge is -2.13. The maximum absolute atomic E-state index is 5.46. The number of nitrogens with zero attached hydrogens (tertiary/aromatic N) is 2. The number of nitrogens with one attached hydrogen (secondary N) is 1. The number of nitrogens with two attached hydrogens (primary N) is 1. The second-order valence-electron chi connectivity index (χ2n) is 3.08. The van der Waals surface area contributed by atoms with E-state index >= 15 is 0 Å². The first-order chi connectivity index (χ1) is 6.79. The summed E-state index contributed by atoms with van der Waals surface area (Å²) in [7, 11) is 1.96. The lowest BCUT2D eigenvalue weighted by atomic mass is 10.1. The molecule has 0 aliphatic rings. The molecule has 1 rings (SSSR count). The molecule has 0 saturated carbocycles. The first-order valence-corrected chi connectivity index (χ1v) is 4.62. The third kappa shape index (κ3) is 2.59. The Morgan fingerprint density at radius 3 is 3.00 bits per heavy atom. The van der Waals surface area contributed by atoms with Gasteiger partial charge in [0.05, 0.1) is 6.04 Å². The van der Waals surface area contributed by atoms with Gasteiger partial charge in [-0.3, -0.25) is 5.84 Å². The van der Waals surface area contributed by atoms with Gasteiger partial charge in [-0.25, -0.2) is 10.4 Å². The number of aryl methyl sites for hydroxylation is 1. The van der Waals surface area contributed by atoms with Crippen molar-refractivity contribution in [1.82, 2.24) is 15.0 Å². The Kier molecular flexibility index (Phi) is 4.17. The summed E-state index contributed by atoms with van der Waals surface area (Å²) in [4.78, 5) is 4.24. The lowest BCUT2D eigenvalue weighted by Crippen LogP contribution is -2.29. The van der Waals surface area contributed by atoms with Gasteiger partial charge < -0.3 is 4.57 Å². The van der Waals surface area contributed by atoms with Gasteiger partial charge in [0.1, 0.15) is 5.82 Å². The fourth-order valence-corrected chi connectivity index (χ4v) is 1.34. The maximum atomic E-state index is 5.46. The second kappa shape index (κ2) is 5.43. The predicted octanol–water partition coefficient (Wildman–Crippen LogP) is 0.728. The Hall–Kier alpha value is -1.31. The van der Waals surface area contributed by atoms with Crippen molar-refractivity contribution in [3.05, 3.63) is 18.2 Å². The van der Waals surface area contributed by atoms with Crippen molar-refractivity contribution in [1.29, 1.82) is 0 Å². The van der Waals surface area contributed by atoms with E-state index < -0.39 is 0 Å². The van der Waals surface area contributed by atoms with Crippen molar-refractivity contribution < 1.29 is 0 Å². The first kappa shape index (κ1) is 10.8. The zero-order chi connectivity index (χ0) is 10.4. The molecule has 0 fully saturated rings. The Bertz CT molecular complexity index is 331. The van der Waals surface area contributed by atoms with Crippen LogP contribution in [0.25, 0.3) is 0 Å². The highest BCUT2D eigenvalue weighted by Crippen LogP contribution is 2.14. The molecule has 0 spiro atoms. The van der Waals surface area contributed by atoms with Crippen LogP contribution in [-0.4, -0.2) is 9.55 Å². The van der Waals surface area contributed by atoms with Crippen molar-refractivity contribution in [2.45, 2.75) is 25.8 Å². The van der Waals surface area contributed by atoms with E-state index in [9.17, 15) is 0 Å². The normalized spacial score (nSPS) is 11.9. The van der Waals surface area contributed by atoms with Crippen LogP contribution in [0.1, 0.15) is 31.6 Å². The molecule has 4 nitrogen and oxygen atoms in total. The van der Waals surface area contributed by atoms with Gasteiger partial charge in [-0.1, -0.05) is 0 Å². The number of imidazole rings is 1. The zero-order valence-corrected chi connectivity index (χ0v) is 8.62. The van der Waals surface area contributed by atoms with Crippen LogP contribution in [0, 0.1) is 11.8 Å². The molecule has 0 aliphatic carbocycles. The quantitative estimate of drug-likeness (QED) is 0.420. The molecule has 1 atom stereocenters. The number of hydrogen-bond acceptors (Lipinski definition) is 3. The Balaban J connectivity index is 2.61. The monoisotopic (exact) mass is 192 g/mol. The van der Waals surface area contributed by atoms with Crippen molar-refractivity contribution in [2.75, 3.05) is 0 Å². The van der Waals surface area contributed by atoms with E-state index in [4.69, 9.17) is 5.84 Å². The van der Waals surface area contributed by atoms with Crippen LogP contribution in [0.3, 0.4) is 0 Å². The number of hydrazine groups is 1. The smallest absolute Gasteiger partial charge is 0.126 e. The summed E-state index contributed by atoms with van der Waals surface area (Å²) in [5, 5.41) is 0. The van der Waals surface area contributed by atoms with Crippen LogP contribution < -0.4 is 11.3 Å². The van der Waals surface area contributed by atoms with Crippen LogP contribution in [-0.2, 0) is 7.05 Å². The number of hydrogen-bond donors (Lipinski definition) is 2. The molecule has 0 aromatic carbocycles. The minimum absolute atomic E-state index is 0.0795. The molecule has 4 heteroatoms. The van der Waals surface area contributed by atoms with Gasteiger partial charge in [0.25, 0.3) is 0 Å². The topological polar surface area (TPSA) is 55.9 Å². The van der Waals surface area contributed by atoms with Crippen molar-refractivity contribution in [3.8, 4) is 11.8 Å². The van der Waals surface area contributed by atoms with Crippen LogP contribution in [0.2, 0.25) is 0 Å². The number of aromatic nitrogens is 2. The molecule has 1 aromatic heterocycles. The van der Waals surface area contributed by atoms with Crippen molar-refractivity contribution >= 4 is 0 Å². The molecule has 14 heavy (non-hydrogen) atoms. The summed E-state index contributed by atoms with van der Waals surface area (Å²) in [5.74, 6) is 12.3. The van der Waals surface area contributed by atoms with Gasteiger partial charge in [0.15, 0.2) is 0 Å². The molecule has 0 radical (unpaired) electrons. The predicted molar refractivity (Wildman–Crippen MR) is 56.0 cm³/mol. The molecule has 3 N–H and O–H groups in total. The van der Waals surface area contributed by atoms with E-state index in [0.29, 0.717) is 0 Å². The summed E-state index contributed by atoms with van der Waals surface area (Å²) in [5.41, 5.74) is 2.75.